The van der Waals surface area contributed by atoms with E-state index in [0.717, 1.165) is 27.3 Å². The number of β-lactam (4-membered cyclic amide) rings is 1. The average Bonchev–Trinajstić information content (AvgIpc) is 3.58. The van der Waals surface area contributed by atoms with Crippen LogP contribution < -0.4 is 21.2 Å². The van der Waals surface area contributed by atoms with Gasteiger partial charge in [-0.25, -0.2) is 4.79 Å². The molecule has 2 N–H and O–H groups in total. The number of carbonyl (C=O) groups is 4. The number of carbonyl (C=O) groups excluding carboxylic acids is 4. The summed E-state index contributed by atoms with van der Waals surface area (Å²) in [6.45, 7) is 1.95. The van der Waals surface area contributed by atoms with Gasteiger partial charge in [0, 0.05) is 25.7 Å². The van der Waals surface area contributed by atoms with Gasteiger partial charge in [0.15, 0.2) is 5.78 Å². The van der Waals surface area contributed by atoms with Crippen molar-refractivity contribution < 1.29 is 29.0 Å². The van der Waals surface area contributed by atoms with Gasteiger partial charge in [-0.2, -0.15) is 0 Å². The number of esters is 1. The molecule has 0 aliphatic carbocycles. The maximum absolute atomic E-state index is 14.5. The molecule has 1 aromatic heterocycles. The molecular formula is C36H35N2O6PS. The van der Waals surface area contributed by atoms with Crippen molar-refractivity contribution in [3.8, 4) is 0 Å². The average molecular weight is 655 g/mol. The number of nitrogens with zero attached hydrogens (tertiary/aromatic N) is 1. The van der Waals surface area contributed by atoms with Crippen molar-refractivity contribution in [3.63, 3.8) is 0 Å². The molecule has 1 fully saturated rings. The lowest BCUT2D eigenvalue weighted by atomic mass is 9.80. The SMILES string of the molecule is C=CCOC(=O)C(N1C(=O)[C@H]([C@@H](C)O)[C@H]1CC(=O)c1cc(C(=O)NC)cs1)=P(c1ccccc1)(c1ccccc1)c1ccccc1. The Balaban J connectivity index is 1.81. The first-order chi connectivity index (χ1) is 22.2. The number of hydrogen-bond donors (Lipinski definition) is 2. The molecule has 0 spiro atoms. The van der Waals surface area contributed by atoms with Crippen LogP contribution in [0.4, 0.5) is 0 Å². The summed E-state index contributed by atoms with van der Waals surface area (Å²) in [5.41, 5.74) is 0.474. The number of rotatable bonds is 12. The van der Waals surface area contributed by atoms with Gasteiger partial charge in [-0.3, -0.25) is 14.4 Å². The number of ether oxygens (including phenoxy) is 1. The third-order valence-electron chi connectivity index (χ3n) is 8.04. The Bertz CT molecular complexity index is 1700. The van der Waals surface area contributed by atoms with Gasteiger partial charge in [0.1, 0.15) is 12.0 Å². The summed E-state index contributed by atoms with van der Waals surface area (Å²) >= 11 is 1.13. The molecule has 10 heteroatoms. The van der Waals surface area contributed by atoms with Gasteiger partial charge >= 0.3 is 5.97 Å². The van der Waals surface area contributed by atoms with Crippen LogP contribution in [0.15, 0.2) is 115 Å². The van der Waals surface area contributed by atoms with Gasteiger partial charge < -0.3 is 20.1 Å². The van der Waals surface area contributed by atoms with E-state index >= 15 is 0 Å². The van der Waals surface area contributed by atoms with E-state index in [9.17, 15) is 24.3 Å². The molecule has 2 amide bonds. The standard InChI is InChI=1S/C36H35N2O6PS/c1-4-20-44-36(43)35(38-29(32(24(2)39)34(38)42)22-30(40)31-21-25(23-46-31)33(41)37-3)45(26-14-8-5-9-15-26,27-16-10-6-11-17-27)28-18-12-7-13-19-28/h4-19,21,23-24,29,32,39H,1,20,22H2,2-3H3,(H,37,41)/t24-,29-,32-/m1/s1. The molecule has 3 atom stereocenters. The summed E-state index contributed by atoms with van der Waals surface area (Å²) in [7, 11) is 1.51. The lowest BCUT2D eigenvalue weighted by Gasteiger charge is -2.50. The summed E-state index contributed by atoms with van der Waals surface area (Å²) in [4.78, 5) is 56.3. The summed E-state index contributed by atoms with van der Waals surface area (Å²) in [5.74, 6) is -2.74. The van der Waals surface area contributed by atoms with Gasteiger partial charge in [-0.15, -0.1) is 11.3 Å². The number of aliphatic hydroxyl groups is 1. The molecule has 0 saturated carbocycles. The number of benzene rings is 3. The Hall–Kier alpha value is -4.56. The van der Waals surface area contributed by atoms with Gasteiger partial charge in [-0.1, -0.05) is 104 Å². The maximum atomic E-state index is 14.5. The summed E-state index contributed by atoms with van der Waals surface area (Å²) in [6.07, 6.45) is 0.197. The number of amides is 2. The molecule has 4 aromatic rings. The highest BCUT2D eigenvalue weighted by Crippen LogP contribution is 2.50. The first-order valence-corrected chi connectivity index (χ1v) is 17.5. The predicted octanol–water partition coefficient (Wildman–Crippen LogP) is 3.74. The molecule has 0 radical (unpaired) electrons. The summed E-state index contributed by atoms with van der Waals surface area (Å²) in [5, 5.41) is 17.4. The monoisotopic (exact) mass is 654 g/mol. The van der Waals surface area contributed by atoms with Crippen LogP contribution in [0.5, 0.6) is 0 Å². The Morgan fingerprint density at radius 2 is 1.50 bits per heavy atom. The zero-order valence-electron chi connectivity index (χ0n) is 25.5. The van der Waals surface area contributed by atoms with E-state index in [0.29, 0.717) is 10.4 Å². The summed E-state index contributed by atoms with van der Waals surface area (Å²) in [6, 6.07) is 29.3. The Labute approximate surface area is 272 Å². The predicted molar refractivity (Wildman–Crippen MR) is 184 cm³/mol. The zero-order chi connectivity index (χ0) is 32.8. The van der Waals surface area contributed by atoms with Crippen LogP contribution in [0, 0.1) is 5.92 Å². The number of aliphatic hydroxyl groups excluding tert-OH is 1. The van der Waals surface area contributed by atoms with Gasteiger partial charge in [0.25, 0.3) is 5.91 Å². The number of hydrogen-bond acceptors (Lipinski definition) is 7. The van der Waals surface area contributed by atoms with Crippen LogP contribution in [0.3, 0.4) is 0 Å². The molecule has 8 nitrogen and oxygen atoms in total. The fourth-order valence-electron chi connectivity index (χ4n) is 5.98. The smallest absolute Gasteiger partial charge is 0.356 e. The van der Waals surface area contributed by atoms with Crippen molar-refractivity contribution in [2.45, 2.75) is 25.5 Å². The van der Waals surface area contributed by atoms with E-state index in [4.69, 9.17) is 4.74 Å². The highest BCUT2D eigenvalue weighted by molar-refractivity contribution is 7.96. The van der Waals surface area contributed by atoms with Crippen LogP contribution in [-0.2, 0) is 14.3 Å². The van der Waals surface area contributed by atoms with Gasteiger partial charge in [0.05, 0.1) is 28.5 Å². The second-order valence-electron chi connectivity index (χ2n) is 10.8. The summed E-state index contributed by atoms with van der Waals surface area (Å²) < 4.78 is 5.75. The fourth-order valence-corrected chi connectivity index (χ4v) is 11.2. The fraction of sp³-hybridized carbons (Fsp3) is 0.194. The number of likely N-dealkylation sites (tertiary alicyclic amines) is 1. The lowest BCUT2D eigenvalue weighted by Crippen LogP contribution is -2.68. The van der Waals surface area contributed by atoms with E-state index in [2.05, 4.69) is 11.9 Å². The molecule has 0 unspecified atom stereocenters. The minimum absolute atomic E-state index is 0.0936. The molecule has 1 aliphatic rings. The van der Waals surface area contributed by atoms with Crippen molar-refractivity contribution >= 4 is 63.1 Å². The van der Waals surface area contributed by atoms with Gasteiger partial charge in [-0.05, 0) is 28.9 Å². The van der Waals surface area contributed by atoms with Gasteiger partial charge in [0.2, 0.25) is 5.91 Å². The minimum atomic E-state index is -3.17. The molecule has 2 heterocycles. The third-order valence-corrected chi connectivity index (χ3v) is 13.3. The Kier molecular flexibility index (Phi) is 10.2. The van der Waals surface area contributed by atoms with Crippen molar-refractivity contribution in [3.05, 3.63) is 126 Å². The molecule has 46 heavy (non-hydrogen) atoms. The van der Waals surface area contributed by atoms with Crippen molar-refractivity contribution in [2.75, 3.05) is 13.7 Å². The normalized spacial score (nSPS) is 16.6. The number of thiophene rings is 1. The van der Waals surface area contributed by atoms with E-state index in [1.165, 1.54) is 31.0 Å². The largest absolute Gasteiger partial charge is 0.457 e. The van der Waals surface area contributed by atoms with E-state index < -0.39 is 36.8 Å². The van der Waals surface area contributed by atoms with Crippen LogP contribution >= 0.6 is 18.2 Å². The van der Waals surface area contributed by atoms with Crippen LogP contribution in [0.1, 0.15) is 33.4 Å². The first kappa shape index (κ1) is 32.8. The second kappa shape index (κ2) is 14.3. The number of Topliss-reactive ketones (excluding diaryl/α,β-unsaturated/α-hetero) is 1. The van der Waals surface area contributed by atoms with Crippen LogP contribution in [0.25, 0.3) is 0 Å². The maximum Gasteiger partial charge on any atom is 0.356 e. The van der Waals surface area contributed by atoms with Crippen molar-refractivity contribution in [1.82, 2.24) is 10.2 Å². The quantitative estimate of drug-likeness (QED) is 0.0792. The molecule has 1 aliphatic heterocycles. The molecule has 0 bridgehead atoms. The molecular weight excluding hydrogens is 619 g/mol. The third kappa shape index (κ3) is 6.01. The highest BCUT2D eigenvalue weighted by Gasteiger charge is 2.55. The molecule has 236 valence electrons. The number of ketones is 1. The van der Waals surface area contributed by atoms with E-state index in [-0.39, 0.29) is 30.1 Å². The highest BCUT2D eigenvalue weighted by atomic mass is 32.1. The van der Waals surface area contributed by atoms with E-state index in [1.54, 1.807) is 5.38 Å². The second-order valence-corrected chi connectivity index (χ2v) is 15.1. The van der Waals surface area contributed by atoms with Crippen LogP contribution in [-0.4, -0.2) is 64.8 Å². The lowest BCUT2D eigenvalue weighted by molar-refractivity contribution is -0.157. The van der Waals surface area contributed by atoms with Crippen LogP contribution in [0.2, 0.25) is 0 Å². The minimum Gasteiger partial charge on any atom is -0.457 e. The zero-order valence-corrected chi connectivity index (χ0v) is 27.2. The van der Waals surface area contributed by atoms with Crippen molar-refractivity contribution in [1.29, 1.82) is 0 Å². The topological polar surface area (TPSA) is 113 Å². The Morgan fingerprint density at radius 1 is 0.978 bits per heavy atom. The van der Waals surface area contributed by atoms with Crippen molar-refractivity contribution in [2.24, 2.45) is 5.92 Å². The number of nitrogens with one attached hydrogen (secondary N) is 1. The van der Waals surface area contributed by atoms with E-state index in [1.807, 2.05) is 91.0 Å². The first-order valence-electron chi connectivity index (χ1n) is 14.8. The Morgan fingerprint density at radius 3 is 1.96 bits per heavy atom. The molecule has 5 rings (SSSR count). The molecule has 3 aromatic carbocycles. The molecule has 1 saturated heterocycles.